The number of alkyl halides is 2. The van der Waals surface area contributed by atoms with E-state index in [2.05, 4.69) is 9.71 Å². The highest BCUT2D eigenvalue weighted by atomic mass is 32.2. The van der Waals surface area contributed by atoms with Gasteiger partial charge in [0.05, 0.1) is 15.7 Å². The van der Waals surface area contributed by atoms with Crippen molar-refractivity contribution in [1.29, 1.82) is 0 Å². The van der Waals surface area contributed by atoms with Crippen molar-refractivity contribution in [3.63, 3.8) is 0 Å². The number of hydrogen-bond acceptors (Lipinski definition) is 3. The molecule has 0 radical (unpaired) electrons. The normalized spacial score (nSPS) is 14.9. The van der Waals surface area contributed by atoms with Crippen molar-refractivity contribution in [3.05, 3.63) is 23.4 Å². The Kier molecular flexibility index (Phi) is 6.87. The molecule has 0 spiro atoms. The van der Waals surface area contributed by atoms with Gasteiger partial charge in [0.15, 0.2) is 6.61 Å². The number of aryl methyl sites for hydroxylation is 1. The zero-order valence-corrected chi connectivity index (χ0v) is 14.5. The van der Waals surface area contributed by atoms with Gasteiger partial charge in [0.2, 0.25) is 5.88 Å². The Hall–Kier alpha value is -1.08. The van der Waals surface area contributed by atoms with E-state index in [1.54, 1.807) is 6.20 Å². The van der Waals surface area contributed by atoms with Crippen LogP contribution in [0.5, 0.6) is 5.88 Å². The predicted molar refractivity (Wildman–Crippen MR) is 84.6 cm³/mol. The maximum absolute atomic E-state index is 12.2. The third kappa shape index (κ3) is 5.61. The SMILES string of the molecule is CCc1cc(C(C)NS(=O)C(C)(C)C)cnc1OCC(F)F. The average Bonchev–Trinajstić information content (AvgIpc) is 2.43. The van der Waals surface area contributed by atoms with Gasteiger partial charge in [-0.3, -0.25) is 0 Å². The Morgan fingerprint density at radius 2 is 2.05 bits per heavy atom. The molecule has 0 aliphatic carbocycles. The fourth-order valence-corrected chi connectivity index (χ4v) is 2.49. The number of rotatable bonds is 7. The number of halogens is 2. The Morgan fingerprint density at radius 1 is 1.41 bits per heavy atom. The summed E-state index contributed by atoms with van der Waals surface area (Å²) in [4.78, 5) is 4.12. The first kappa shape index (κ1) is 19.0. The summed E-state index contributed by atoms with van der Waals surface area (Å²) in [6.45, 7) is 8.79. The summed E-state index contributed by atoms with van der Waals surface area (Å²) in [6.07, 6.45) is -0.340. The van der Waals surface area contributed by atoms with Crippen LogP contribution in [0.25, 0.3) is 0 Å². The van der Waals surface area contributed by atoms with Crippen molar-refractivity contribution in [2.24, 2.45) is 0 Å². The summed E-state index contributed by atoms with van der Waals surface area (Å²) in [5, 5.41) is 0. The first-order valence-corrected chi connectivity index (χ1v) is 8.38. The second-order valence-corrected chi connectivity index (χ2v) is 8.01. The molecule has 7 heteroatoms. The number of pyridine rings is 1. The lowest BCUT2D eigenvalue weighted by Crippen LogP contribution is -2.34. The van der Waals surface area contributed by atoms with E-state index in [9.17, 15) is 13.0 Å². The molecule has 0 fully saturated rings. The highest BCUT2D eigenvalue weighted by Crippen LogP contribution is 2.23. The van der Waals surface area contributed by atoms with Gasteiger partial charge in [-0.15, -0.1) is 0 Å². The van der Waals surface area contributed by atoms with Crippen molar-refractivity contribution >= 4 is 11.0 Å². The van der Waals surface area contributed by atoms with Gasteiger partial charge in [-0.05, 0) is 45.7 Å². The highest BCUT2D eigenvalue weighted by Gasteiger charge is 2.22. The van der Waals surface area contributed by atoms with Gasteiger partial charge >= 0.3 is 0 Å². The standard InChI is InChI=1S/C15H24F2N2O2S/c1-6-11-7-12(8-18-14(11)21-9-13(16)17)10(2)19-22(20)15(3,4)5/h7-8,10,13,19H,6,9H2,1-5H3. The zero-order valence-electron chi connectivity index (χ0n) is 13.7. The predicted octanol–water partition coefficient (Wildman–Crippen LogP) is 3.40. The molecule has 2 unspecified atom stereocenters. The number of nitrogens with zero attached hydrogens (tertiary/aromatic N) is 1. The van der Waals surface area contributed by atoms with Crippen LogP contribution >= 0.6 is 0 Å². The first-order valence-electron chi connectivity index (χ1n) is 7.23. The van der Waals surface area contributed by atoms with E-state index in [0.717, 1.165) is 11.1 Å². The molecular formula is C15H24F2N2O2S. The average molecular weight is 334 g/mol. The molecule has 0 bridgehead atoms. The van der Waals surface area contributed by atoms with E-state index in [1.165, 1.54) is 0 Å². The van der Waals surface area contributed by atoms with Crippen LogP contribution in [0.4, 0.5) is 8.78 Å². The second kappa shape index (κ2) is 7.97. The van der Waals surface area contributed by atoms with E-state index in [4.69, 9.17) is 4.74 Å². The van der Waals surface area contributed by atoms with Crippen LogP contribution in [-0.2, 0) is 17.4 Å². The van der Waals surface area contributed by atoms with Gasteiger partial charge in [0.1, 0.15) is 0 Å². The molecular weight excluding hydrogens is 310 g/mol. The van der Waals surface area contributed by atoms with E-state index >= 15 is 0 Å². The summed E-state index contributed by atoms with van der Waals surface area (Å²) in [5.41, 5.74) is 1.60. The lowest BCUT2D eigenvalue weighted by atomic mass is 10.1. The van der Waals surface area contributed by atoms with E-state index in [-0.39, 0.29) is 16.7 Å². The summed E-state index contributed by atoms with van der Waals surface area (Å²) in [7, 11) is -1.20. The fraction of sp³-hybridized carbons (Fsp3) is 0.667. The number of nitrogens with one attached hydrogen (secondary N) is 1. The van der Waals surface area contributed by atoms with Crippen LogP contribution in [0.1, 0.15) is 51.8 Å². The molecule has 1 rings (SSSR count). The molecule has 0 aromatic carbocycles. The van der Waals surface area contributed by atoms with E-state index < -0.39 is 24.0 Å². The van der Waals surface area contributed by atoms with Crippen molar-refractivity contribution in [2.45, 2.75) is 58.3 Å². The smallest absolute Gasteiger partial charge is 0.272 e. The summed E-state index contributed by atoms with van der Waals surface area (Å²) in [6, 6.07) is 1.69. The third-order valence-corrected chi connectivity index (χ3v) is 4.69. The zero-order chi connectivity index (χ0) is 16.9. The van der Waals surface area contributed by atoms with Crippen LogP contribution in [0.3, 0.4) is 0 Å². The molecule has 2 atom stereocenters. The molecule has 0 saturated carbocycles. The minimum atomic E-state index is -2.53. The van der Waals surface area contributed by atoms with Gasteiger partial charge in [-0.2, -0.15) is 0 Å². The Labute approximate surface area is 133 Å². The van der Waals surface area contributed by atoms with Crippen LogP contribution in [0, 0.1) is 0 Å². The van der Waals surface area contributed by atoms with Gasteiger partial charge in [-0.25, -0.2) is 22.7 Å². The molecule has 4 nitrogen and oxygen atoms in total. The molecule has 1 aromatic rings. The molecule has 0 aliphatic rings. The van der Waals surface area contributed by atoms with Crippen molar-refractivity contribution in [1.82, 2.24) is 9.71 Å². The van der Waals surface area contributed by atoms with Crippen LogP contribution in [0.2, 0.25) is 0 Å². The number of aromatic nitrogens is 1. The first-order chi connectivity index (χ1) is 10.1. The minimum absolute atomic E-state index is 0.165. The molecule has 22 heavy (non-hydrogen) atoms. The van der Waals surface area contributed by atoms with E-state index in [0.29, 0.717) is 6.42 Å². The van der Waals surface area contributed by atoms with Crippen LogP contribution in [-0.4, -0.2) is 27.0 Å². The Bertz CT molecular complexity index is 519. The van der Waals surface area contributed by atoms with Gasteiger partial charge in [0, 0.05) is 17.8 Å². The Morgan fingerprint density at radius 3 is 2.55 bits per heavy atom. The molecule has 1 N–H and O–H groups in total. The van der Waals surface area contributed by atoms with Gasteiger partial charge in [-0.1, -0.05) is 6.92 Å². The molecule has 0 saturated heterocycles. The van der Waals surface area contributed by atoms with Gasteiger partial charge in [0.25, 0.3) is 6.43 Å². The van der Waals surface area contributed by atoms with E-state index in [1.807, 2.05) is 40.7 Å². The third-order valence-electron chi connectivity index (χ3n) is 3.01. The minimum Gasteiger partial charge on any atom is -0.471 e. The number of hydrogen-bond donors (Lipinski definition) is 1. The van der Waals surface area contributed by atoms with Crippen LogP contribution in [0.15, 0.2) is 12.3 Å². The maximum Gasteiger partial charge on any atom is 0.272 e. The summed E-state index contributed by atoms with van der Waals surface area (Å²) in [5.74, 6) is 0.232. The fourth-order valence-electron chi connectivity index (χ4n) is 1.68. The second-order valence-electron chi connectivity index (χ2n) is 6.01. The Balaban J connectivity index is 2.86. The maximum atomic E-state index is 12.2. The summed E-state index contributed by atoms with van der Waals surface area (Å²) >= 11 is 0. The lowest BCUT2D eigenvalue weighted by molar-refractivity contribution is 0.0790. The molecule has 0 aliphatic heterocycles. The summed E-state index contributed by atoms with van der Waals surface area (Å²) < 4.78 is 44.2. The van der Waals surface area contributed by atoms with Gasteiger partial charge < -0.3 is 4.74 Å². The quantitative estimate of drug-likeness (QED) is 0.831. The van der Waals surface area contributed by atoms with Crippen molar-refractivity contribution in [3.8, 4) is 5.88 Å². The monoisotopic (exact) mass is 334 g/mol. The highest BCUT2D eigenvalue weighted by molar-refractivity contribution is 7.84. The number of ether oxygens (including phenoxy) is 1. The lowest BCUT2D eigenvalue weighted by Gasteiger charge is -2.22. The van der Waals surface area contributed by atoms with Crippen molar-refractivity contribution in [2.75, 3.05) is 6.61 Å². The molecule has 0 amide bonds. The molecule has 1 aromatic heterocycles. The topological polar surface area (TPSA) is 51.2 Å². The molecule has 126 valence electrons. The van der Waals surface area contributed by atoms with Crippen molar-refractivity contribution < 1.29 is 17.7 Å². The van der Waals surface area contributed by atoms with Crippen LogP contribution < -0.4 is 9.46 Å². The largest absolute Gasteiger partial charge is 0.471 e. The molecule has 1 heterocycles.